The first-order chi connectivity index (χ1) is 12.3. The van der Waals surface area contributed by atoms with E-state index in [0.717, 1.165) is 17.8 Å². The van der Waals surface area contributed by atoms with E-state index in [4.69, 9.17) is 0 Å². The Bertz CT molecular complexity index is 914. The summed E-state index contributed by atoms with van der Waals surface area (Å²) in [4.78, 5) is 12.2. The average molecular weight is 376 g/mol. The number of aryl methyl sites for hydroxylation is 2. The molecule has 1 aliphatic heterocycles. The Labute approximate surface area is 154 Å². The van der Waals surface area contributed by atoms with Gasteiger partial charge in [0.15, 0.2) is 0 Å². The molecule has 1 N–H and O–H groups in total. The van der Waals surface area contributed by atoms with Gasteiger partial charge < -0.3 is 5.32 Å². The molecule has 0 unspecified atom stereocenters. The van der Waals surface area contributed by atoms with Gasteiger partial charge in [0.2, 0.25) is 10.0 Å². The third kappa shape index (κ3) is 3.52. The van der Waals surface area contributed by atoms with Crippen molar-refractivity contribution in [3.05, 3.63) is 47.3 Å². The minimum Gasteiger partial charge on any atom is -0.352 e. The number of rotatable bonds is 6. The standard InChI is InChI=1S/C18H24N4O3S/c1-4-8-19-18(23)15-6-5-7-17(10-15)26(24,25)21-11-16(12-21)22-14(3)9-13(2)20-22/h5-7,9-10,16H,4,8,11-12H2,1-3H3,(H,19,23). The van der Waals surface area contributed by atoms with Crippen LogP contribution in [0.1, 0.15) is 41.1 Å². The predicted octanol–water partition coefficient (Wildman–Crippen LogP) is 1.89. The number of carbonyl (C=O) groups excluding carboxylic acids is 1. The van der Waals surface area contributed by atoms with Crippen LogP contribution in [0.4, 0.5) is 0 Å². The highest BCUT2D eigenvalue weighted by Gasteiger charge is 2.38. The molecule has 2 aromatic rings. The van der Waals surface area contributed by atoms with Crippen LogP contribution in [-0.4, -0.2) is 48.0 Å². The second kappa shape index (κ2) is 7.20. The maximum absolute atomic E-state index is 12.8. The summed E-state index contributed by atoms with van der Waals surface area (Å²) in [6.45, 7) is 7.19. The molecule has 3 rings (SSSR count). The molecule has 1 aromatic carbocycles. The first kappa shape index (κ1) is 18.6. The van der Waals surface area contributed by atoms with Crippen LogP contribution in [0.2, 0.25) is 0 Å². The first-order valence-corrected chi connectivity index (χ1v) is 10.2. The van der Waals surface area contributed by atoms with Gasteiger partial charge in [-0.25, -0.2) is 8.42 Å². The van der Waals surface area contributed by atoms with E-state index in [9.17, 15) is 13.2 Å². The zero-order valence-corrected chi connectivity index (χ0v) is 16.1. The lowest BCUT2D eigenvalue weighted by Crippen LogP contribution is -2.51. The summed E-state index contributed by atoms with van der Waals surface area (Å²) in [6, 6.07) is 8.23. The Kier molecular flexibility index (Phi) is 5.15. The summed E-state index contributed by atoms with van der Waals surface area (Å²) in [6.07, 6.45) is 0.825. The van der Waals surface area contributed by atoms with Crippen LogP contribution in [0.5, 0.6) is 0 Å². The number of nitrogens with zero attached hydrogens (tertiary/aromatic N) is 3. The van der Waals surface area contributed by atoms with Gasteiger partial charge in [0.1, 0.15) is 0 Å². The van der Waals surface area contributed by atoms with Crippen molar-refractivity contribution in [3.8, 4) is 0 Å². The smallest absolute Gasteiger partial charge is 0.251 e. The van der Waals surface area contributed by atoms with Gasteiger partial charge >= 0.3 is 0 Å². The van der Waals surface area contributed by atoms with Crippen LogP contribution in [0, 0.1) is 13.8 Å². The number of carbonyl (C=O) groups is 1. The van der Waals surface area contributed by atoms with Gasteiger partial charge in [0.25, 0.3) is 5.91 Å². The number of amides is 1. The van der Waals surface area contributed by atoms with Crippen LogP contribution in [-0.2, 0) is 10.0 Å². The fourth-order valence-electron chi connectivity index (χ4n) is 3.07. The quantitative estimate of drug-likeness (QED) is 0.834. The summed E-state index contributed by atoms with van der Waals surface area (Å²) < 4.78 is 29.0. The summed E-state index contributed by atoms with van der Waals surface area (Å²) >= 11 is 0. The van der Waals surface area contributed by atoms with Crippen LogP contribution in [0.3, 0.4) is 0 Å². The monoisotopic (exact) mass is 376 g/mol. The Morgan fingerprint density at radius 1 is 1.27 bits per heavy atom. The minimum absolute atomic E-state index is 0.0505. The van der Waals surface area contributed by atoms with Gasteiger partial charge in [-0.15, -0.1) is 0 Å². The maximum Gasteiger partial charge on any atom is 0.251 e. The molecule has 0 spiro atoms. The number of benzene rings is 1. The molecular formula is C18H24N4O3S. The summed E-state index contributed by atoms with van der Waals surface area (Å²) in [5.41, 5.74) is 2.31. The molecule has 0 aliphatic carbocycles. The molecule has 0 saturated carbocycles. The van der Waals surface area contributed by atoms with Gasteiger partial charge in [0, 0.05) is 30.9 Å². The molecule has 0 radical (unpaired) electrons. The SMILES string of the molecule is CCCNC(=O)c1cccc(S(=O)(=O)N2CC(n3nc(C)cc3C)C2)c1. The van der Waals surface area contributed by atoms with Crippen molar-refractivity contribution in [2.75, 3.05) is 19.6 Å². The highest BCUT2D eigenvalue weighted by Crippen LogP contribution is 2.29. The van der Waals surface area contributed by atoms with E-state index in [0.29, 0.717) is 25.2 Å². The Balaban J connectivity index is 1.73. The fraction of sp³-hybridized carbons (Fsp3) is 0.444. The van der Waals surface area contributed by atoms with Crippen molar-refractivity contribution in [1.29, 1.82) is 0 Å². The summed E-state index contributed by atoms with van der Waals surface area (Å²) in [7, 11) is -3.61. The topological polar surface area (TPSA) is 84.3 Å². The van der Waals surface area contributed by atoms with Gasteiger partial charge in [-0.2, -0.15) is 9.40 Å². The molecule has 7 nitrogen and oxygen atoms in total. The van der Waals surface area contributed by atoms with Crippen LogP contribution < -0.4 is 5.32 Å². The van der Waals surface area contributed by atoms with E-state index in [2.05, 4.69) is 10.4 Å². The number of nitrogens with one attached hydrogen (secondary N) is 1. The second-order valence-corrected chi connectivity index (χ2v) is 8.57. The zero-order chi connectivity index (χ0) is 18.9. The molecule has 1 amide bonds. The lowest BCUT2D eigenvalue weighted by atomic mass is 10.2. The Hall–Kier alpha value is -2.19. The third-order valence-corrected chi connectivity index (χ3v) is 6.32. The van der Waals surface area contributed by atoms with Crippen LogP contribution in [0.15, 0.2) is 35.2 Å². The van der Waals surface area contributed by atoms with E-state index in [-0.39, 0.29) is 16.8 Å². The summed E-state index contributed by atoms with van der Waals surface area (Å²) in [5, 5.41) is 7.19. The molecular weight excluding hydrogens is 352 g/mol. The number of hydrogen-bond donors (Lipinski definition) is 1. The van der Waals surface area contributed by atoms with E-state index < -0.39 is 10.0 Å². The van der Waals surface area contributed by atoms with E-state index in [1.54, 1.807) is 12.1 Å². The Morgan fingerprint density at radius 2 is 2.00 bits per heavy atom. The number of sulfonamides is 1. The van der Waals surface area contributed by atoms with Crippen molar-refractivity contribution in [3.63, 3.8) is 0 Å². The molecule has 1 fully saturated rings. The van der Waals surface area contributed by atoms with Crippen LogP contribution >= 0.6 is 0 Å². The lowest BCUT2D eigenvalue weighted by Gasteiger charge is -2.38. The third-order valence-electron chi connectivity index (χ3n) is 4.49. The molecule has 0 atom stereocenters. The number of aromatic nitrogens is 2. The fourth-order valence-corrected chi connectivity index (χ4v) is 4.63. The van der Waals surface area contributed by atoms with E-state index in [1.165, 1.54) is 16.4 Å². The van der Waals surface area contributed by atoms with Gasteiger partial charge in [0.05, 0.1) is 16.6 Å². The highest BCUT2D eigenvalue weighted by atomic mass is 32.2. The molecule has 1 aromatic heterocycles. The molecule has 1 aliphatic rings. The van der Waals surface area contributed by atoms with Crippen molar-refractivity contribution >= 4 is 15.9 Å². The first-order valence-electron chi connectivity index (χ1n) is 8.74. The average Bonchev–Trinajstić information content (AvgIpc) is 2.89. The molecule has 8 heteroatoms. The molecule has 1 saturated heterocycles. The largest absolute Gasteiger partial charge is 0.352 e. The zero-order valence-electron chi connectivity index (χ0n) is 15.3. The van der Waals surface area contributed by atoms with E-state index in [1.807, 2.05) is 31.5 Å². The van der Waals surface area contributed by atoms with Crippen LogP contribution in [0.25, 0.3) is 0 Å². The second-order valence-electron chi connectivity index (χ2n) is 6.63. The molecule has 2 heterocycles. The van der Waals surface area contributed by atoms with Crippen molar-refractivity contribution in [1.82, 2.24) is 19.4 Å². The lowest BCUT2D eigenvalue weighted by molar-refractivity contribution is 0.0953. The molecule has 140 valence electrons. The van der Waals surface area contributed by atoms with Gasteiger partial charge in [-0.05, 0) is 44.5 Å². The van der Waals surface area contributed by atoms with E-state index >= 15 is 0 Å². The van der Waals surface area contributed by atoms with Crippen molar-refractivity contribution in [2.45, 2.75) is 38.1 Å². The van der Waals surface area contributed by atoms with Crippen molar-refractivity contribution in [2.24, 2.45) is 0 Å². The predicted molar refractivity (Wildman–Crippen MR) is 98.6 cm³/mol. The van der Waals surface area contributed by atoms with Gasteiger partial charge in [-0.3, -0.25) is 9.48 Å². The highest BCUT2D eigenvalue weighted by molar-refractivity contribution is 7.89. The van der Waals surface area contributed by atoms with Gasteiger partial charge in [-0.1, -0.05) is 13.0 Å². The number of hydrogen-bond acceptors (Lipinski definition) is 4. The summed E-state index contributed by atoms with van der Waals surface area (Å²) in [5.74, 6) is -0.256. The molecule has 0 bridgehead atoms. The minimum atomic E-state index is -3.61. The Morgan fingerprint density at radius 3 is 2.62 bits per heavy atom. The maximum atomic E-state index is 12.8. The normalized spacial score (nSPS) is 15.7. The molecule has 26 heavy (non-hydrogen) atoms. The van der Waals surface area contributed by atoms with Crippen molar-refractivity contribution < 1.29 is 13.2 Å².